The highest BCUT2D eigenvalue weighted by molar-refractivity contribution is 7.93. The maximum atomic E-state index is 14.1. The molecule has 10 nitrogen and oxygen atoms in total. The molecular weight excluding hydrogens is 592 g/mol. The van der Waals surface area contributed by atoms with Crippen LogP contribution in [0.25, 0.3) is 0 Å². The zero-order chi connectivity index (χ0) is 31.5. The Labute approximate surface area is 259 Å². The molecule has 4 rings (SSSR count). The van der Waals surface area contributed by atoms with E-state index in [0.717, 1.165) is 36.7 Å². The quantitative estimate of drug-likeness (QED) is 0.392. The Hall–Kier alpha value is -3.15. The first kappa shape index (κ1) is 32.8. The van der Waals surface area contributed by atoms with E-state index in [-0.39, 0.29) is 23.8 Å². The highest BCUT2D eigenvalue weighted by atomic mass is 35.5. The normalized spacial score (nSPS) is 18.1. The number of rotatable bonds is 9. The number of nitrogens with one attached hydrogen (secondary N) is 2. The SMILES string of the molecule is Cc1cc(S(=O)(=O)N2c3ccccc3NC(=O)[C@H]2CC(=O)NCCC2CCN(CC(=O)OC(C)(C)C)CC2)c(C)cc1Cl. The number of aryl methyl sites for hydroxylation is 2. The number of sulfonamides is 1. The van der Waals surface area contributed by atoms with Gasteiger partial charge in [-0.15, -0.1) is 0 Å². The lowest BCUT2D eigenvalue weighted by Gasteiger charge is -2.37. The molecule has 2 heterocycles. The number of halogens is 1. The van der Waals surface area contributed by atoms with Crippen LogP contribution in [-0.2, 0) is 29.1 Å². The number of benzene rings is 2. The molecule has 2 aliphatic rings. The van der Waals surface area contributed by atoms with Gasteiger partial charge in [0.1, 0.15) is 11.6 Å². The van der Waals surface area contributed by atoms with Crippen LogP contribution in [-0.4, -0.2) is 68.9 Å². The molecule has 0 radical (unpaired) electrons. The number of para-hydroxylation sites is 2. The lowest BCUT2D eigenvalue weighted by atomic mass is 9.93. The molecule has 1 saturated heterocycles. The first-order valence-electron chi connectivity index (χ1n) is 14.6. The van der Waals surface area contributed by atoms with Crippen LogP contribution in [0.5, 0.6) is 0 Å². The largest absolute Gasteiger partial charge is 0.459 e. The minimum atomic E-state index is -4.24. The number of hydrogen-bond donors (Lipinski definition) is 2. The van der Waals surface area contributed by atoms with Gasteiger partial charge < -0.3 is 15.4 Å². The zero-order valence-corrected chi connectivity index (χ0v) is 27.0. The van der Waals surface area contributed by atoms with Crippen LogP contribution < -0.4 is 14.9 Å². The average molecular weight is 633 g/mol. The van der Waals surface area contributed by atoms with Gasteiger partial charge in [0, 0.05) is 11.6 Å². The third-order valence-corrected chi connectivity index (χ3v) is 10.1. The van der Waals surface area contributed by atoms with Gasteiger partial charge in [0.25, 0.3) is 10.0 Å². The Kier molecular flexibility index (Phi) is 10.1. The number of carbonyl (C=O) groups excluding carboxylic acids is 3. The van der Waals surface area contributed by atoms with Crippen molar-refractivity contribution in [3.63, 3.8) is 0 Å². The summed E-state index contributed by atoms with van der Waals surface area (Å²) in [4.78, 5) is 40.6. The zero-order valence-electron chi connectivity index (χ0n) is 25.4. The van der Waals surface area contributed by atoms with Crippen molar-refractivity contribution in [3.05, 3.63) is 52.5 Å². The van der Waals surface area contributed by atoms with Crippen molar-refractivity contribution in [2.45, 2.75) is 76.8 Å². The highest BCUT2D eigenvalue weighted by Gasteiger charge is 2.42. The Morgan fingerprint density at radius 3 is 2.44 bits per heavy atom. The lowest BCUT2D eigenvalue weighted by molar-refractivity contribution is -0.156. The molecule has 0 unspecified atom stereocenters. The molecule has 0 spiro atoms. The van der Waals surface area contributed by atoms with Crippen molar-refractivity contribution >= 4 is 50.8 Å². The number of likely N-dealkylation sites (tertiary alicyclic amines) is 1. The molecule has 0 bridgehead atoms. The fourth-order valence-corrected chi connectivity index (χ4v) is 7.67. The third-order valence-electron chi connectivity index (χ3n) is 7.71. The van der Waals surface area contributed by atoms with Crippen LogP contribution in [0.15, 0.2) is 41.3 Å². The summed E-state index contributed by atoms with van der Waals surface area (Å²) in [6, 6.07) is 8.45. The molecule has 0 aliphatic carbocycles. The fraction of sp³-hybridized carbons (Fsp3) is 0.516. The molecule has 234 valence electrons. The summed E-state index contributed by atoms with van der Waals surface area (Å²) in [6.45, 7) is 11.1. The molecule has 2 N–H and O–H groups in total. The molecular formula is C31H41ClN4O6S. The maximum absolute atomic E-state index is 14.1. The molecule has 2 aromatic carbocycles. The summed E-state index contributed by atoms with van der Waals surface area (Å²) in [5, 5.41) is 6.09. The minimum absolute atomic E-state index is 0.0299. The van der Waals surface area contributed by atoms with E-state index in [0.29, 0.717) is 40.0 Å². The van der Waals surface area contributed by atoms with E-state index >= 15 is 0 Å². The van der Waals surface area contributed by atoms with Gasteiger partial charge >= 0.3 is 5.97 Å². The summed E-state index contributed by atoms with van der Waals surface area (Å²) < 4.78 is 34.7. The van der Waals surface area contributed by atoms with Crippen LogP contribution in [0.2, 0.25) is 5.02 Å². The van der Waals surface area contributed by atoms with Crippen molar-refractivity contribution in [2.75, 3.05) is 35.8 Å². The average Bonchev–Trinajstić information content (AvgIpc) is 2.90. The first-order chi connectivity index (χ1) is 20.2. The number of nitrogens with zero attached hydrogens (tertiary/aromatic N) is 2. The van der Waals surface area contributed by atoms with Crippen molar-refractivity contribution < 1.29 is 27.5 Å². The number of fused-ring (bicyclic) bond motifs is 1. The van der Waals surface area contributed by atoms with Gasteiger partial charge in [-0.25, -0.2) is 8.42 Å². The highest BCUT2D eigenvalue weighted by Crippen LogP contribution is 2.38. The van der Waals surface area contributed by atoms with Crippen LogP contribution in [0, 0.1) is 19.8 Å². The third kappa shape index (κ3) is 8.07. The first-order valence-corrected chi connectivity index (χ1v) is 16.4. The van der Waals surface area contributed by atoms with Gasteiger partial charge in [0.2, 0.25) is 11.8 Å². The van der Waals surface area contributed by atoms with Gasteiger partial charge in [-0.1, -0.05) is 23.7 Å². The van der Waals surface area contributed by atoms with E-state index in [4.69, 9.17) is 16.3 Å². The topological polar surface area (TPSA) is 125 Å². The van der Waals surface area contributed by atoms with Gasteiger partial charge in [-0.05, 0) is 108 Å². The van der Waals surface area contributed by atoms with Crippen LogP contribution in [0.3, 0.4) is 0 Å². The van der Waals surface area contributed by atoms with E-state index in [1.54, 1.807) is 44.2 Å². The molecule has 2 amide bonds. The molecule has 1 fully saturated rings. The predicted molar refractivity (Wildman–Crippen MR) is 167 cm³/mol. The van der Waals surface area contributed by atoms with Gasteiger partial charge in [0.15, 0.2) is 0 Å². The maximum Gasteiger partial charge on any atom is 0.320 e. The second kappa shape index (κ2) is 13.2. The number of hydrogen-bond acceptors (Lipinski definition) is 7. The summed E-state index contributed by atoms with van der Waals surface area (Å²) in [5.74, 6) is -0.831. The molecule has 1 atom stereocenters. The van der Waals surface area contributed by atoms with E-state index in [1.807, 2.05) is 20.8 Å². The summed E-state index contributed by atoms with van der Waals surface area (Å²) in [5.41, 5.74) is 1.17. The second-order valence-electron chi connectivity index (χ2n) is 12.3. The van der Waals surface area contributed by atoms with E-state index in [2.05, 4.69) is 15.5 Å². The molecule has 2 aromatic rings. The van der Waals surface area contributed by atoms with Crippen LogP contribution in [0.1, 0.15) is 57.6 Å². The molecule has 2 aliphatic heterocycles. The molecule has 0 aromatic heterocycles. The van der Waals surface area contributed by atoms with Gasteiger partial charge in [-0.3, -0.25) is 23.6 Å². The number of carbonyl (C=O) groups is 3. The standard InChI is InChI=1S/C31H41ClN4O6S/c1-20-17-27(21(2)16-23(20)32)43(40,41)36-25-9-7-6-8-24(25)34-30(39)26(36)18-28(37)33-13-10-22-11-14-35(15-12-22)19-29(38)42-31(3,4)5/h6-9,16-17,22,26H,10-15,18-19H2,1-5H3,(H,33,37)(H,34,39)/t26-/m1/s1. The number of anilines is 2. The van der Waals surface area contributed by atoms with E-state index in [9.17, 15) is 22.8 Å². The molecule has 12 heteroatoms. The Morgan fingerprint density at radius 2 is 1.77 bits per heavy atom. The summed E-state index contributed by atoms with van der Waals surface area (Å²) >= 11 is 6.23. The monoisotopic (exact) mass is 632 g/mol. The molecule has 43 heavy (non-hydrogen) atoms. The smallest absolute Gasteiger partial charge is 0.320 e. The number of amides is 2. The number of ether oxygens (including phenoxy) is 1. The van der Waals surface area contributed by atoms with Crippen LogP contribution in [0.4, 0.5) is 11.4 Å². The minimum Gasteiger partial charge on any atom is -0.459 e. The van der Waals surface area contributed by atoms with E-state index in [1.165, 1.54) is 6.07 Å². The van der Waals surface area contributed by atoms with Crippen molar-refractivity contribution in [1.82, 2.24) is 10.2 Å². The summed E-state index contributed by atoms with van der Waals surface area (Å²) in [7, 11) is -4.24. The van der Waals surface area contributed by atoms with Crippen molar-refractivity contribution in [3.8, 4) is 0 Å². The Morgan fingerprint density at radius 1 is 1.09 bits per heavy atom. The fourth-order valence-electron chi connectivity index (χ4n) is 5.53. The second-order valence-corrected chi connectivity index (χ2v) is 14.5. The number of esters is 1. The van der Waals surface area contributed by atoms with Gasteiger partial charge in [-0.2, -0.15) is 0 Å². The van der Waals surface area contributed by atoms with Crippen molar-refractivity contribution in [1.29, 1.82) is 0 Å². The predicted octanol–water partition coefficient (Wildman–Crippen LogP) is 4.42. The van der Waals surface area contributed by atoms with Crippen LogP contribution >= 0.6 is 11.6 Å². The Bertz CT molecular complexity index is 1480. The van der Waals surface area contributed by atoms with Gasteiger partial charge in [0.05, 0.1) is 29.2 Å². The van der Waals surface area contributed by atoms with Crippen molar-refractivity contribution in [2.24, 2.45) is 5.92 Å². The number of piperidine rings is 1. The summed E-state index contributed by atoms with van der Waals surface area (Å²) in [6.07, 6.45) is 2.20. The molecule has 0 saturated carbocycles. The Balaban J connectivity index is 1.39. The lowest BCUT2D eigenvalue weighted by Crippen LogP contribution is -2.53. The van der Waals surface area contributed by atoms with E-state index < -0.39 is 33.5 Å².